The van der Waals surface area contributed by atoms with E-state index < -0.39 is 0 Å². The molecular formula is C52H36O4S3. The van der Waals surface area contributed by atoms with E-state index in [0.29, 0.717) is 22.3 Å². The molecule has 59 heavy (non-hydrogen) atoms. The molecule has 3 aromatic heterocycles. The molecular weight excluding hydrogens is 785 g/mol. The molecule has 4 aromatic carbocycles. The average Bonchev–Trinajstić information content (AvgIpc) is 4.12. The molecule has 0 unspecified atom stereocenters. The summed E-state index contributed by atoms with van der Waals surface area (Å²) in [6.07, 6.45) is 15.4. The summed E-state index contributed by atoms with van der Waals surface area (Å²) in [5, 5.41) is 3.87. The standard InChI is InChI=1S/C52H36O4S3/c53-43-33-19-27-11-3-4-12-28(27)20-34(33)44(54)37(43)23-31-25-39-47(57-31)49-41(51(39)15-7-1-8-16-51)42-50(59-49)48-40(52(42)17-9-2-10-18-52)26-32(58-48)24-38-45(55)35-21-29-13-5-6-14-30(29)22-36(35)46(38)56/h3-6,11-14,19-26H,1-2,7-10,15-18H2. The van der Waals surface area contributed by atoms with Crippen molar-refractivity contribution in [2.75, 3.05) is 0 Å². The van der Waals surface area contributed by atoms with E-state index in [2.05, 4.69) is 12.1 Å². The number of carbonyl (C=O) groups excluding carboxylic acids is 4. The van der Waals surface area contributed by atoms with Crippen LogP contribution in [0.15, 0.2) is 96.1 Å². The molecule has 6 aliphatic carbocycles. The molecule has 13 rings (SSSR count). The Balaban J connectivity index is 0.935. The van der Waals surface area contributed by atoms with Crippen molar-refractivity contribution in [2.24, 2.45) is 0 Å². The summed E-state index contributed by atoms with van der Waals surface area (Å²) in [5.74, 6) is -0.718. The molecule has 2 fully saturated rings. The van der Waals surface area contributed by atoms with E-state index >= 15 is 0 Å². The number of thiophene rings is 3. The van der Waals surface area contributed by atoms with Crippen molar-refractivity contribution in [3.05, 3.63) is 150 Å². The molecule has 7 heteroatoms. The van der Waals surface area contributed by atoms with E-state index in [4.69, 9.17) is 0 Å². The summed E-state index contributed by atoms with van der Waals surface area (Å²) >= 11 is 5.44. The van der Waals surface area contributed by atoms with Crippen LogP contribution in [0.2, 0.25) is 0 Å². The summed E-state index contributed by atoms with van der Waals surface area (Å²) in [6.45, 7) is 0. The zero-order valence-corrected chi connectivity index (χ0v) is 34.6. The summed E-state index contributed by atoms with van der Waals surface area (Å²) in [4.78, 5) is 62.7. The summed E-state index contributed by atoms with van der Waals surface area (Å²) in [5.41, 5.74) is 8.33. The first-order valence-corrected chi connectivity index (χ1v) is 23.4. The molecule has 286 valence electrons. The predicted octanol–water partition coefficient (Wildman–Crippen LogP) is 13.6. The van der Waals surface area contributed by atoms with E-state index in [0.717, 1.165) is 57.0 Å². The largest absolute Gasteiger partial charge is 0.288 e. The lowest BCUT2D eigenvalue weighted by atomic mass is 9.61. The second-order valence-electron chi connectivity index (χ2n) is 17.5. The smallest absolute Gasteiger partial charge is 0.197 e. The Morgan fingerprint density at radius 1 is 0.407 bits per heavy atom. The predicted molar refractivity (Wildman–Crippen MR) is 240 cm³/mol. The molecule has 4 nitrogen and oxygen atoms in total. The van der Waals surface area contributed by atoms with Crippen molar-refractivity contribution in [2.45, 2.75) is 75.0 Å². The maximum Gasteiger partial charge on any atom is 0.197 e. The number of ketones is 4. The van der Waals surface area contributed by atoms with Crippen molar-refractivity contribution in [3.8, 4) is 19.5 Å². The van der Waals surface area contributed by atoms with Gasteiger partial charge in [0.1, 0.15) is 0 Å². The van der Waals surface area contributed by atoms with Crippen LogP contribution in [0.25, 0.3) is 53.2 Å². The molecule has 7 aromatic rings. The van der Waals surface area contributed by atoms with Crippen LogP contribution in [-0.4, -0.2) is 23.1 Å². The molecule has 2 spiro atoms. The molecule has 0 bridgehead atoms. The topological polar surface area (TPSA) is 68.3 Å². The first-order valence-electron chi connectivity index (χ1n) is 21.0. The van der Waals surface area contributed by atoms with Gasteiger partial charge in [-0.1, -0.05) is 87.1 Å². The SMILES string of the molecule is O=C1C(=Cc2cc3c(s2)-c2sc4c(c2C32CCCCC2)C2(CCCCC2)c2cc(C=C3C(=O)c5cc6ccccc6cc5C3=O)sc2-4)C(=O)c2cc3ccccc3cc21. The zero-order chi connectivity index (χ0) is 39.4. The van der Waals surface area contributed by atoms with Gasteiger partial charge in [0, 0.05) is 62.3 Å². The minimum Gasteiger partial charge on any atom is -0.288 e. The van der Waals surface area contributed by atoms with Crippen LogP contribution in [0.1, 0.15) is 138 Å². The highest BCUT2D eigenvalue weighted by molar-refractivity contribution is 7.27. The molecule has 0 aliphatic heterocycles. The lowest BCUT2D eigenvalue weighted by Crippen LogP contribution is -2.34. The van der Waals surface area contributed by atoms with E-state index in [1.165, 1.54) is 69.2 Å². The maximum absolute atomic E-state index is 13.8. The van der Waals surface area contributed by atoms with Gasteiger partial charge < -0.3 is 0 Å². The van der Waals surface area contributed by atoms with Gasteiger partial charge in [-0.25, -0.2) is 0 Å². The van der Waals surface area contributed by atoms with Crippen LogP contribution in [-0.2, 0) is 10.8 Å². The van der Waals surface area contributed by atoms with Crippen molar-refractivity contribution in [1.29, 1.82) is 0 Å². The van der Waals surface area contributed by atoms with Crippen LogP contribution in [0.5, 0.6) is 0 Å². The Morgan fingerprint density at radius 3 is 1.08 bits per heavy atom. The van der Waals surface area contributed by atoms with E-state index in [-0.39, 0.29) is 45.1 Å². The third kappa shape index (κ3) is 4.53. The highest BCUT2D eigenvalue weighted by Gasteiger charge is 2.56. The van der Waals surface area contributed by atoms with Crippen LogP contribution in [0, 0.1) is 0 Å². The van der Waals surface area contributed by atoms with Crippen molar-refractivity contribution >= 4 is 90.8 Å². The van der Waals surface area contributed by atoms with Gasteiger partial charge in [-0.2, -0.15) is 0 Å². The second kappa shape index (κ2) is 12.1. The fourth-order valence-electron chi connectivity index (χ4n) is 11.9. The van der Waals surface area contributed by atoms with Gasteiger partial charge >= 0.3 is 0 Å². The van der Waals surface area contributed by atoms with Gasteiger partial charge in [-0.3, -0.25) is 19.2 Å². The minimum atomic E-state index is -0.180. The molecule has 3 heterocycles. The molecule has 6 aliphatic rings. The van der Waals surface area contributed by atoms with Crippen molar-refractivity contribution < 1.29 is 19.2 Å². The highest BCUT2D eigenvalue weighted by atomic mass is 32.1. The molecule has 2 saturated carbocycles. The molecule has 0 atom stereocenters. The van der Waals surface area contributed by atoms with E-state index in [1.54, 1.807) is 33.8 Å². The van der Waals surface area contributed by atoms with Gasteiger partial charge in [-0.05, 0) is 118 Å². The monoisotopic (exact) mass is 820 g/mol. The van der Waals surface area contributed by atoms with Gasteiger partial charge in [0.15, 0.2) is 23.1 Å². The number of carbonyl (C=O) groups is 4. The quantitative estimate of drug-likeness (QED) is 0.129. The van der Waals surface area contributed by atoms with Crippen LogP contribution in [0.4, 0.5) is 0 Å². The van der Waals surface area contributed by atoms with Gasteiger partial charge in [-0.15, -0.1) is 34.0 Å². The summed E-state index contributed by atoms with van der Waals surface area (Å²) < 4.78 is 0. The Labute approximate surface area is 352 Å². The number of hydrogen-bond acceptors (Lipinski definition) is 7. The summed E-state index contributed by atoms with van der Waals surface area (Å²) in [6, 6.07) is 28.0. The third-order valence-electron chi connectivity index (χ3n) is 14.5. The highest BCUT2D eigenvalue weighted by Crippen LogP contribution is 2.70. The minimum absolute atomic E-state index is 0.0773. The fraction of sp³-hybridized carbons (Fsp3) is 0.231. The van der Waals surface area contributed by atoms with Crippen LogP contribution < -0.4 is 0 Å². The van der Waals surface area contributed by atoms with Crippen LogP contribution >= 0.6 is 34.0 Å². The van der Waals surface area contributed by atoms with Crippen LogP contribution in [0.3, 0.4) is 0 Å². The number of Topliss-reactive ketones (excluding diaryl/α,β-unsaturated/α-hetero) is 4. The normalized spacial score (nSPS) is 19.2. The first-order chi connectivity index (χ1) is 28.8. The molecule has 0 radical (unpaired) electrons. The maximum atomic E-state index is 13.8. The number of fused-ring (bicyclic) bond motifs is 15. The van der Waals surface area contributed by atoms with Crippen molar-refractivity contribution in [1.82, 2.24) is 0 Å². The van der Waals surface area contributed by atoms with Gasteiger partial charge in [0.05, 0.1) is 11.1 Å². The first kappa shape index (κ1) is 34.5. The number of allylic oxidation sites excluding steroid dienone is 2. The third-order valence-corrected chi connectivity index (χ3v) is 18.2. The Hall–Kier alpha value is -5.34. The van der Waals surface area contributed by atoms with Crippen molar-refractivity contribution in [3.63, 3.8) is 0 Å². The van der Waals surface area contributed by atoms with Gasteiger partial charge in [0.2, 0.25) is 0 Å². The lowest BCUT2D eigenvalue weighted by Gasteiger charge is -2.41. The Bertz CT molecular complexity index is 2880. The lowest BCUT2D eigenvalue weighted by molar-refractivity contribution is 0.0975. The van der Waals surface area contributed by atoms with E-state index in [9.17, 15) is 19.2 Å². The second-order valence-corrected chi connectivity index (χ2v) is 20.7. The van der Waals surface area contributed by atoms with Gasteiger partial charge in [0.25, 0.3) is 0 Å². The Kier molecular flexibility index (Phi) is 7.09. The summed E-state index contributed by atoms with van der Waals surface area (Å²) in [7, 11) is 0. The fourth-order valence-corrected chi connectivity index (χ4v) is 16.1. The molecule has 0 amide bonds. The number of rotatable bonds is 2. The molecule has 0 N–H and O–H groups in total. The van der Waals surface area contributed by atoms with E-state index in [1.807, 2.05) is 96.3 Å². The Morgan fingerprint density at radius 2 is 0.746 bits per heavy atom. The average molecular weight is 821 g/mol. The number of benzene rings is 4. The zero-order valence-electron chi connectivity index (χ0n) is 32.2. The molecule has 0 saturated heterocycles. The number of hydrogen-bond donors (Lipinski definition) is 0.